The summed E-state index contributed by atoms with van der Waals surface area (Å²) in [6.45, 7) is 2.63. The zero-order valence-corrected chi connectivity index (χ0v) is 17.3. The molecule has 0 saturated carbocycles. The molecule has 0 N–H and O–H groups in total. The Bertz CT molecular complexity index is 931. The molecule has 0 unspecified atom stereocenters. The molecule has 0 aliphatic carbocycles. The molecule has 0 aromatic heterocycles. The van der Waals surface area contributed by atoms with Crippen LogP contribution in [0.1, 0.15) is 18.1 Å². The highest BCUT2D eigenvalue weighted by molar-refractivity contribution is 6.00. The third kappa shape index (κ3) is 4.88. The molecule has 0 amide bonds. The predicted octanol–water partition coefficient (Wildman–Crippen LogP) is 5.14. The lowest BCUT2D eigenvalue weighted by atomic mass is 10.1. The van der Waals surface area contributed by atoms with Crippen LogP contribution in [0.15, 0.2) is 77.9 Å². The summed E-state index contributed by atoms with van der Waals surface area (Å²) in [5.74, 6) is 1.77. The first-order valence-corrected chi connectivity index (χ1v) is 9.38. The first-order valence-electron chi connectivity index (χ1n) is 9.38. The number of nitrogens with zero attached hydrogens (tertiary/aromatic N) is 2. The lowest BCUT2D eigenvalue weighted by molar-refractivity contribution is 0.324. The quantitative estimate of drug-likeness (QED) is 0.394. The van der Waals surface area contributed by atoms with E-state index in [1.54, 1.807) is 21.3 Å². The summed E-state index contributed by atoms with van der Waals surface area (Å²) in [7, 11) is 4.82. The van der Waals surface area contributed by atoms with Gasteiger partial charge >= 0.3 is 0 Å². The SMILES string of the molecule is COc1cc(C(C)=NN(Cc2ccccc2)c2ccccc2)cc(OC)c1OC. The largest absolute Gasteiger partial charge is 0.493 e. The van der Waals surface area contributed by atoms with Crippen LogP contribution in [0.5, 0.6) is 17.2 Å². The van der Waals surface area contributed by atoms with E-state index in [0.717, 1.165) is 17.0 Å². The molecule has 0 spiro atoms. The minimum atomic E-state index is 0.566. The van der Waals surface area contributed by atoms with Gasteiger partial charge in [-0.25, -0.2) is 0 Å². The van der Waals surface area contributed by atoms with E-state index in [-0.39, 0.29) is 0 Å². The van der Waals surface area contributed by atoms with E-state index in [1.807, 2.05) is 60.5 Å². The van der Waals surface area contributed by atoms with Gasteiger partial charge in [-0.05, 0) is 36.8 Å². The Morgan fingerprint density at radius 1 is 0.793 bits per heavy atom. The maximum atomic E-state index is 5.48. The third-order valence-electron chi connectivity index (χ3n) is 4.58. The molecule has 0 aliphatic rings. The van der Waals surface area contributed by atoms with Crippen LogP contribution in [0.3, 0.4) is 0 Å². The second-order valence-electron chi connectivity index (χ2n) is 6.48. The number of ether oxygens (including phenoxy) is 3. The summed E-state index contributed by atoms with van der Waals surface area (Å²) in [6, 6.07) is 24.2. The van der Waals surface area contributed by atoms with Crippen molar-refractivity contribution in [3.63, 3.8) is 0 Å². The fourth-order valence-corrected chi connectivity index (χ4v) is 3.07. The van der Waals surface area contributed by atoms with E-state index in [0.29, 0.717) is 23.8 Å². The Morgan fingerprint density at radius 2 is 1.34 bits per heavy atom. The van der Waals surface area contributed by atoms with Crippen LogP contribution in [0.4, 0.5) is 5.69 Å². The molecular formula is C24H26N2O3. The van der Waals surface area contributed by atoms with Crippen molar-refractivity contribution in [2.24, 2.45) is 5.10 Å². The van der Waals surface area contributed by atoms with E-state index in [1.165, 1.54) is 5.56 Å². The first kappa shape index (κ1) is 20.3. The average molecular weight is 390 g/mol. The molecule has 0 saturated heterocycles. The standard InChI is InChI=1S/C24H26N2O3/c1-18(20-15-22(27-2)24(29-4)23(16-20)28-3)25-26(21-13-9-6-10-14-21)17-19-11-7-5-8-12-19/h5-16H,17H2,1-4H3. The van der Waals surface area contributed by atoms with Crippen LogP contribution in [-0.2, 0) is 6.54 Å². The van der Waals surface area contributed by atoms with Crippen molar-refractivity contribution in [3.8, 4) is 17.2 Å². The molecule has 3 rings (SSSR count). The van der Waals surface area contributed by atoms with Gasteiger partial charge in [-0.2, -0.15) is 5.10 Å². The lowest BCUT2D eigenvalue weighted by Crippen LogP contribution is -2.18. The van der Waals surface area contributed by atoms with E-state index >= 15 is 0 Å². The summed E-state index contributed by atoms with van der Waals surface area (Å²) in [5.41, 5.74) is 3.93. The van der Waals surface area contributed by atoms with Crippen LogP contribution >= 0.6 is 0 Å². The second kappa shape index (κ2) is 9.64. The van der Waals surface area contributed by atoms with Crippen LogP contribution in [0.25, 0.3) is 0 Å². The van der Waals surface area contributed by atoms with Gasteiger partial charge in [0.25, 0.3) is 0 Å². The van der Waals surface area contributed by atoms with Gasteiger partial charge in [0.05, 0.1) is 39.3 Å². The van der Waals surface area contributed by atoms with Gasteiger partial charge in [0.15, 0.2) is 11.5 Å². The third-order valence-corrected chi connectivity index (χ3v) is 4.58. The highest BCUT2D eigenvalue weighted by atomic mass is 16.5. The number of hydrogen-bond donors (Lipinski definition) is 0. The Labute approximate surface area is 172 Å². The minimum absolute atomic E-state index is 0.566. The van der Waals surface area contributed by atoms with Crippen molar-refractivity contribution in [2.75, 3.05) is 26.3 Å². The Kier molecular flexibility index (Phi) is 6.74. The van der Waals surface area contributed by atoms with Gasteiger partial charge < -0.3 is 14.2 Å². The normalized spacial score (nSPS) is 11.1. The second-order valence-corrected chi connectivity index (χ2v) is 6.48. The number of hydrazone groups is 1. The molecule has 0 aliphatic heterocycles. The van der Waals surface area contributed by atoms with E-state index in [9.17, 15) is 0 Å². The topological polar surface area (TPSA) is 43.3 Å². The van der Waals surface area contributed by atoms with E-state index in [4.69, 9.17) is 19.3 Å². The minimum Gasteiger partial charge on any atom is -0.493 e. The Hall–Kier alpha value is -3.47. The number of anilines is 1. The van der Waals surface area contributed by atoms with Gasteiger partial charge in [0, 0.05) is 5.56 Å². The molecule has 29 heavy (non-hydrogen) atoms. The smallest absolute Gasteiger partial charge is 0.203 e. The van der Waals surface area contributed by atoms with Gasteiger partial charge in [0.1, 0.15) is 0 Å². The molecule has 150 valence electrons. The van der Waals surface area contributed by atoms with E-state index in [2.05, 4.69) is 24.3 Å². The average Bonchev–Trinajstić information content (AvgIpc) is 2.78. The van der Waals surface area contributed by atoms with Gasteiger partial charge in [-0.15, -0.1) is 0 Å². The zero-order chi connectivity index (χ0) is 20.6. The van der Waals surface area contributed by atoms with Crippen molar-refractivity contribution in [2.45, 2.75) is 13.5 Å². The number of benzene rings is 3. The molecular weight excluding hydrogens is 364 g/mol. The maximum absolute atomic E-state index is 5.48. The molecule has 5 heteroatoms. The fourth-order valence-electron chi connectivity index (χ4n) is 3.07. The number of hydrogen-bond acceptors (Lipinski definition) is 5. The fraction of sp³-hybridized carbons (Fsp3) is 0.208. The van der Waals surface area contributed by atoms with Crippen LogP contribution < -0.4 is 19.2 Å². The summed E-state index contributed by atoms with van der Waals surface area (Å²) in [5, 5.41) is 6.91. The van der Waals surface area contributed by atoms with Crippen molar-refractivity contribution in [1.29, 1.82) is 0 Å². The van der Waals surface area contributed by atoms with Gasteiger partial charge in [0.2, 0.25) is 5.75 Å². The van der Waals surface area contributed by atoms with Crippen molar-refractivity contribution >= 4 is 11.4 Å². The molecule has 0 heterocycles. The maximum Gasteiger partial charge on any atom is 0.203 e. The number of methoxy groups -OCH3 is 3. The van der Waals surface area contributed by atoms with Crippen LogP contribution in [-0.4, -0.2) is 27.0 Å². The molecule has 0 fully saturated rings. The highest BCUT2D eigenvalue weighted by Gasteiger charge is 2.15. The zero-order valence-electron chi connectivity index (χ0n) is 17.3. The molecule has 5 nitrogen and oxygen atoms in total. The Morgan fingerprint density at radius 3 is 1.86 bits per heavy atom. The van der Waals surface area contributed by atoms with E-state index < -0.39 is 0 Å². The van der Waals surface area contributed by atoms with Crippen molar-refractivity contribution in [1.82, 2.24) is 0 Å². The van der Waals surface area contributed by atoms with Crippen molar-refractivity contribution in [3.05, 3.63) is 83.9 Å². The number of rotatable bonds is 8. The molecule has 0 atom stereocenters. The summed E-state index contributed by atoms with van der Waals surface area (Å²) >= 11 is 0. The molecule has 3 aromatic carbocycles. The monoisotopic (exact) mass is 390 g/mol. The Balaban J connectivity index is 2.01. The lowest BCUT2D eigenvalue weighted by Gasteiger charge is -2.21. The van der Waals surface area contributed by atoms with Crippen LogP contribution in [0, 0.1) is 0 Å². The predicted molar refractivity (Wildman–Crippen MR) is 117 cm³/mol. The summed E-state index contributed by atoms with van der Waals surface area (Å²) < 4.78 is 16.4. The van der Waals surface area contributed by atoms with Crippen LogP contribution in [0.2, 0.25) is 0 Å². The summed E-state index contributed by atoms with van der Waals surface area (Å²) in [4.78, 5) is 0. The van der Waals surface area contributed by atoms with Crippen molar-refractivity contribution < 1.29 is 14.2 Å². The number of para-hydroxylation sites is 1. The molecule has 0 bridgehead atoms. The van der Waals surface area contributed by atoms with Gasteiger partial charge in [-0.3, -0.25) is 5.01 Å². The highest BCUT2D eigenvalue weighted by Crippen LogP contribution is 2.38. The molecule has 3 aromatic rings. The molecule has 0 radical (unpaired) electrons. The summed E-state index contributed by atoms with van der Waals surface area (Å²) in [6.07, 6.45) is 0. The van der Waals surface area contributed by atoms with Gasteiger partial charge in [-0.1, -0.05) is 48.5 Å². The first-order chi connectivity index (χ1) is 14.2.